The van der Waals surface area contributed by atoms with Crippen LogP contribution in [-0.4, -0.2) is 34.9 Å². The summed E-state index contributed by atoms with van der Waals surface area (Å²) in [5.74, 6) is 1.02. The number of fused-ring (bicyclic) bond motifs is 1. The molecule has 0 saturated carbocycles. The van der Waals surface area contributed by atoms with Gasteiger partial charge in [-0.05, 0) is 47.5 Å². The maximum absolute atomic E-state index is 11.9. The third-order valence-electron chi connectivity index (χ3n) is 5.20. The maximum atomic E-state index is 11.9. The smallest absolute Gasteiger partial charge is 0.338 e. The van der Waals surface area contributed by atoms with Gasteiger partial charge in [0.2, 0.25) is 5.75 Å². The predicted molar refractivity (Wildman–Crippen MR) is 118 cm³/mol. The quantitative estimate of drug-likeness (QED) is 0.498. The van der Waals surface area contributed by atoms with E-state index in [1.807, 2.05) is 18.2 Å². The van der Waals surface area contributed by atoms with E-state index in [2.05, 4.69) is 0 Å². The van der Waals surface area contributed by atoms with Crippen LogP contribution >= 0.6 is 0 Å². The summed E-state index contributed by atoms with van der Waals surface area (Å²) < 4.78 is 46.0. The topological polar surface area (TPSA) is 88.1 Å². The van der Waals surface area contributed by atoms with E-state index in [9.17, 15) is 13.2 Å². The van der Waals surface area contributed by atoms with E-state index < -0.39 is 9.84 Å². The van der Waals surface area contributed by atoms with Crippen LogP contribution in [0.1, 0.15) is 21.5 Å². The fourth-order valence-corrected chi connectivity index (χ4v) is 4.28. The molecule has 166 valence electrons. The zero-order valence-electron chi connectivity index (χ0n) is 17.9. The van der Waals surface area contributed by atoms with E-state index in [1.54, 1.807) is 36.4 Å². The molecule has 0 aliphatic carbocycles. The minimum absolute atomic E-state index is 0.117. The second-order valence-electron chi connectivity index (χ2n) is 7.33. The molecule has 4 rings (SSSR count). The molecule has 0 fully saturated rings. The van der Waals surface area contributed by atoms with Crippen molar-refractivity contribution in [1.82, 2.24) is 0 Å². The lowest BCUT2D eigenvalue weighted by molar-refractivity contribution is 0.0535. The first kappa shape index (κ1) is 21.7. The average molecular weight is 455 g/mol. The zero-order valence-corrected chi connectivity index (χ0v) is 18.7. The third-order valence-corrected chi connectivity index (χ3v) is 6.31. The molecule has 0 spiro atoms. The number of sulfone groups is 1. The lowest BCUT2D eigenvalue weighted by Gasteiger charge is -2.18. The molecule has 0 atom stereocenters. The molecule has 7 nitrogen and oxygen atoms in total. The van der Waals surface area contributed by atoms with Gasteiger partial charge in [0, 0.05) is 17.4 Å². The third kappa shape index (κ3) is 4.13. The molecule has 0 amide bonds. The van der Waals surface area contributed by atoms with Gasteiger partial charge >= 0.3 is 5.97 Å². The van der Waals surface area contributed by atoms with Gasteiger partial charge in [0.05, 0.1) is 24.7 Å². The highest BCUT2D eigenvalue weighted by Gasteiger charge is 2.24. The number of esters is 1. The van der Waals surface area contributed by atoms with Crippen LogP contribution in [0.4, 0.5) is 0 Å². The van der Waals surface area contributed by atoms with Gasteiger partial charge in [0.1, 0.15) is 13.2 Å². The molecule has 0 saturated heterocycles. The zero-order chi connectivity index (χ0) is 22.9. The molecule has 3 aromatic rings. The highest BCUT2D eigenvalue weighted by Crippen LogP contribution is 2.45. The second-order valence-corrected chi connectivity index (χ2v) is 9.35. The van der Waals surface area contributed by atoms with Crippen LogP contribution in [0.5, 0.6) is 17.2 Å². The Morgan fingerprint density at radius 2 is 1.72 bits per heavy atom. The van der Waals surface area contributed by atoms with Gasteiger partial charge in [-0.3, -0.25) is 0 Å². The lowest BCUT2D eigenvalue weighted by atomic mass is 9.99. The van der Waals surface area contributed by atoms with Crippen molar-refractivity contribution in [2.24, 2.45) is 0 Å². The molecular weight excluding hydrogens is 432 g/mol. The van der Waals surface area contributed by atoms with Crippen LogP contribution in [-0.2, 0) is 27.8 Å². The normalized spacial score (nSPS) is 12.8. The first-order chi connectivity index (χ1) is 15.3. The van der Waals surface area contributed by atoms with Crippen molar-refractivity contribution in [2.45, 2.75) is 18.1 Å². The van der Waals surface area contributed by atoms with Crippen molar-refractivity contribution in [3.05, 3.63) is 71.3 Å². The molecule has 0 unspecified atom stereocenters. The molecular formula is C24H22O7S. The molecule has 0 N–H and O–H groups in total. The molecule has 1 aliphatic heterocycles. The van der Waals surface area contributed by atoms with Crippen LogP contribution in [0.25, 0.3) is 11.1 Å². The highest BCUT2D eigenvalue weighted by atomic mass is 32.2. The van der Waals surface area contributed by atoms with Crippen LogP contribution < -0.4 is 14.2 Å². The van der Waals surface area contributed by atoms with Crippen LogP contribution in [0, 0.1) is 0 Å². The Kier molecular flexibility index (Phi) is 5.80. The minimum Gasteiger partial charge on any atom is -0.493 e. The summed E-state index contributed by atoms with van der Waals surface area (Å²) >= 11 is 0. The summed E-state index contributed by atoms with van der Waals surface area (Å²) in [5.41, 5.74) is 3.60. The molecule has 0 aromatic heterocycles. The molecule has 0 bridgehead atoms. The van der Waals surface area contributed by atoms with Crippen LogP contribution in [0.15, 0.2) is 59.5 Å². The number of ether oxygens (including phenoxy) is 4. The largest absolute Gasteiger partial charge is 0.493 e. The van der Waals surface area contributed by atoms with Crippen molar-refractivity contribution in [1.29, 1.82) is 0 Å². The van der Waals surface area contributed by atoms with Crippen molar-refractivity contribution < 1.29 is 32.2 Å². The molecule has 1 heterocycles. The van der Waals surface area contributed by atoms with E-state index in [4.69, 9.17) is 18.9 Å². The summed E-state index contributed by atoms with van der Waals surface area (Å²) in [6, 6.07) is 15.7. The molecule has 8 heteroatoms. The maximum Gasteiger partial charge on any atom is 0.338 e. The molecule has 1 aliphatic rings. The number of methoxy groups -OCH3 is 2. The van der Waals surface area contributed by atoms with E-state index in [1.165, 1.54) is 20.5 Å². The Bertz CT molecular complexity index is 1300. The molecule has 3 aromatic carbocycles. The van der Waals surface area contributed by atoms with Crippen molar-refractivity contribution in [3.8, 4) is 28.4 Å². The van der Waals surface area contributed by atoms with E-state index in [0.717, 1.165) is 16.7 Å². The van der Waals surface area contributed by atoms with Gasteiger partial charge in [-0.25, -0.2) is 13.2 Å². The van der Waals surface area contributed by atoms with Gasteiger partial charge in [0.15, 0.2) is 21.3 Å². The van der Waals surface area contributed by atoms with E-state index in [-0.39, 0.29) is 24.1 Å². The van der Waals surface area contributed by atoms with Crippen molar-refractivity contribution in [2.75, 3.05) is 20.5 Å². The standard InChI is InChI=1S/C24H22O7S/c1-28-21-10-9-19(16-7-8-20-17(12-16)14-31-24(20)25)22(23(21)29-2)30-13-15-5-4-6-18(11-15)32(3,26)27/h4-12H,13-14H2,1-3H3. The Morgan fingerprint density at radius 1 is 0.938 bits per heavy atom. The number of carbonyl (C=O) groups excluding carboxylic acids is 1. The van der Waals surface area contributed by atoms with Gasteiger partial charge in [-0.1, -0.05) is 18.2 Å². The lowest BCUT2D eigenvalue weighted by Crippen LogP contribution is -2.03. The predicted octanol–water partition coefficient (Wildman–Crippen LogP) is 4.02. The van der Waals surface area contributed by atoms with Gasteiger partial charge in [-0.2, -0.15) is 0 Å². The van der Waals surface area contributed by atoms with Gasteiger partial charge in [-0.15, -0.1) is 0 Å². The van der Waals surface area contributed by atoms with Gasteiger partial charge < -0.3 is 18.9 Å². The SMILES string of the molecule is COc1ccc(-c2ccc3c(c2)COC3=O)c(OCc2cccc(S(C)(=O)=O)c2)c1OC. The van der Waals surface area contributed by atoms with Gasteiger partial charge in [0.25, 0.3) is 0 Å². The minimum atomic E-state index is -3.33. The number of hydrogen-bond donors (Lipinski definition) is 0. The number of hydrogen-bond acceptors (Lipinski definition) is 7. The summed E-state index contributed by atoms with van der Waals surface area (Å²) in [6.07, 6.45) is 1.17. The number of benzene rings is 3. The first-order valence-electron chi connectivity index (χ1n) is 9.79. The fraction of sp³-hybridized carbons (Fsp3) is 0.208. The first-order valence-corrected chi connectivity index (χ1v) is 11.7. The Labute approximate surface area is 186 Å². The summed E-state index contributed by atoms with van der Waals surface area (Å²) in [6.45, 7) is 0.343. The molecule has 32 heavy (non-hydrogen) atoms. The van der Waals surface area contributed by atoms with Crippen molar-refractivity contribution >= 4 is 15.8 Å². The molecule has 0 radical (unpaired) electrons. The van der Waals surface area contributed by atoms with E-state index in [0.29, 0.717) is 28.4 Å². The summed E-state index contributed by atoms with van der Waals surface area (Å²) in [4.78, 5) is 12.0. The Hall–Kier alpha value is -3.52. The van der Waals surface area contributed by atoms with Crippen LogP contribution in [0.2, 0.25) is 0 Å². The second kappa shape index (κ2) is 8.55. The van der Waals surface area contributed by atoms with Crippen molar-refractivity contribution in [3.63, 3.8) is 0 Å². The monoisotopic (exact) mass is 454 g/mol. The number of carbonyl (C=O) groups is 1. The fourth-order valence-electron chi connectivity index (χ4n) is 3.59. The number of cyclic esters (lactones) is 1. The number of rotatable bonds is 7. The van der Waals surface area contributed by atoms with E-state index >= 15 is 0 Å². The van der Waals surface area contributed by atoms with Crippen LogP contribution in [0.3, 0.4) is 0 Å². The average Bonchev–Trinajstić information content (AvgIpc) is 3.16. The highest BCUT2D eigenvalue weighted by molar-refractivity contribution is 7.90. The Balaban J connectivity index is 1.74. The Morgan fingerprint density at radius 3 is 2.44 bits per heavy atom. The summed E-state index contributed by atoms with van der Waals surface area (Å²) in [7, 11) is -0.274. The summed E-state index contributed by atoms with van der Waals surface area (Å²) in [5, 5.41) is 0.